The van der Waals surface area contributed by atoms with E-state index in [9.17, 15) is 0 Å². The van der Waals surface area contributed by atoms with E-state index < -0.39 is 5.60 Å². The molecule has 0 bridgehead atoms. The molecule has 0 unspecified atom stereocenters. The molecule has 0 amide bonds. The highest BCUT2D eigenvalue weighted by Gasteiger charge is 2.37. The lowest BCUT2D eigenvalue weighted by Crippen LogP contribution is -2.33. The Bertz CT molecular complexity index is 1060. The van der Waals surface area contributed by atoms with Crippen LogP contribution >= 0.6 is 0 Å². The van der Waals surface area contributed by atoms with Crippen LogP contribution in [0.15, 0.2) is 114 Å². The molecule has 0 spiro atoms. The average molecular weight is 406 g/mol. The number of aromatic nitrogens is 1. The minimum Gasteiger partial charge on any atom is -0.355 e. The lowest BCUT2D eigenvalue weighted by atomic mass is 9.80. The van der Waals surface area contributed by atoms with Crippen LogP contribution < -0.4 is 0 Å². The van der Waals surface area contributed by atoms with Gasteiger partial charge in [-0.25, -0.2) is 0 Å². The van der Waals surface area contributed by atoms with Crippen molar-refractivity contribution in [3.8, 4) is 0 Å². The van der Waals surface area contributed by atoms with Gasteiger partial charge in [0.2, 0.25) is 0 Å². The molecule has 0 atom stereocenters. The molecule has 1 heterocycles. The molecule has 0 aliphatic heterocycles. The Kier molecular flexibility index (Phi) is 6.38. The molecule has 4 aromatic rings. The van der Waals surface area contributed by atoms with Gasteiger partial charge in [0.05, 0.1) is 18.8 Å². The van der Waals surface area contributed by atoms with Crippen molar-refractivity contribution in [2.45, 2.75) is 18.8 Å². The maximum atomic E-state index is 8.59. The molecule has 0 radical (unpaired) electrons. The highest BCUT2D eigenvalue weighted by atomic mass is 16.5. The topological polar surface area (TPSA) is 70.9 Å². The van der Waals surface area contributed by atoms with E-state index in [2.05, 4.69) is 51.4 Å². The van der Waals surface area contributed by atoms with E-state index in [0.29, 0.717) is 12.3 Å². The fourth-order valence-electron chi connectivity index (χ4n) is 3.75. The maximum Gasteiger partial charge on any atom is 0.144 e. The lowest BCUT2D eigenvalue weighted by molar-refractivity contribution is -0.00146. The van der Waals surface area contributed by atoms with Crippen LogP contribution in [-0.2, 0) is 23.5 Å². The second-order valence-corrected chi connectivity index (χ2v) is 7.08. The third-order valence-electron chi connectivity index (χ3n) is 5.14. The smallest absolute Gasteiger partial charge is 0.144 e. The van der Waals surface area contributed by atoms with Gasteiger partial charge in [-0.2, -0.15) is 0 Å². The fraction of sp³-hybridized carbons (Fsp3) is 0.115. The molecule has 3 aromatic carbocycles. The van der Waals surface area contributed by atoms with E-state index in [4.69, 9.17) is 10.3 Å². The Labute approximate surface area is 181 Å². The average Bonchev–Trinajstić information content (AvgIpc) is 2.85. The van der Waals surface area contributed by atoms with Crippen LogP contribution in [0.1, 0.15) is 28.1 Å². The number of hydrogen-bond acceptors (Lipinski definition) is 3. The monoisotopic (exact) mass is 406 g/mol. The van der Waals surface area contributed by atoms with Gasteiger partial charge in [0.25, 0.3) is 0 Å². The van der Waals surface area contributed by atoms with Crippen molar-refractivity contribution in [3.63, 3.8) is 0 Å². The van der Waals surface area contributed by atoms with Gasteiger partial charge in [0, 0.05) is 10.6 Å². The molecule has 0 aliphatic carbocycles. The van der Waals surface area contributed by atoms with Crippen LogP contribution in [0, 0.1) is 0 Å². The van der Waals surface area contributed by atoms with Crippen molar-refractivity contribution in [2.75, 3.05) is 0 Å². The van der Waals surface area contributed by atoms with Gasteiger partial charge in [-0.1, -0.05) is 102 Å². The number of nitrogens with zero attached hydrogens (tertiary/aromatic N) is 4. The second-order valence-electron chi connectivity index (χ2n) is 7.08. The molecule has 1 aromatic heterocycles. The standard InChI is InChI=1S/C26H22N4O/c27-30-28-19-24-17-10-18-25(29-24)20-31-26(21-11-4-1-5-12-21,22-13-6-2-7-14-22)23-15-8-3-9-16-23/h1-18H,19-20H2. The van der Waals surface area contributed by atoms with E-state index in [1.807, 2.05) is 72.8 Å². The summed E-state index contributed by atoms with van der Waals surface area (Å²) in [4.78, 5) is 7.42. The predicted molar refractivity (Wildman–Crippen MR) is 121 cm³/mol. The Balaban J connectivity index is 1.80. The number of azide groups is 1. The SMILES string of the molecule is [N-]=[N+]=NCc1cccc(COC(c2ccccc2)(c2ccccc2)c2ccccc2)n1. The summed E-state index contributed by atoms with van der Waals surface area (Å²) in [6.07, 6.45) is 0. The van der Waals surface area contributed by atoms with Gasteiger partial charge >= 0.3 is 0 Å². The Hall–Kier alpha value is -3.92. The summed E-state index contributed by atoms with van der Waals surface area (Å²) >= 11 is 0. The van der Waals surface area contributed by atoms with E-state index in [1.54, 1.807) is 0 Å². The number of ether oxygens (including phenoxy) is 1. The quantitative estimate of drug-likeness (QED) is 0.147. The largest absolute Gasteiger partial charge is 0.355 e. The van der Waals surface area contributed by atoms with Gasteiger partial charge in [-0.15, -0.1) is 0 Å². The molecule has 0 saturated heterocycles. The Morgan fingerprint density at radius 3 is 1.65 bits per heavy atom. The summed E-state index contributed by atoms with van der Waals surface area (Å²) in [7, 11) is 0. The van der Waals surface area contributed by atoms with Crippen molar-refractivity contribution < 1.29 is 4.74 Å². The molecule has 0 N–H and O–H groups in total. The molecule has 0 aliphatic rings. The third kappa shape index (κ3) is 4.48. The highest BCUT2D eigenvalue weighted by molar-refractivity contribution is 5.47. The lowest BCUT2D eigenvalue weighted by Gasteiger charge is -2.36. The van der Waals surface area contributed by atoms with Crippen molar-refractivity contribution in [3.05, 3.63) is 148 Å². The van der Waals surface area contributed by atoms with Crippen LogP contribution in [0.3, 0.4) is 0 Å². The van der Waals surface area contributed by atoms with Gasteiger partial charge in [-0.3, -0.25) is 4.98 Å². The number of rotatable bonds is 8. The first-order valence-corrected chi connectivity index (χ1v) is 10.1. The van der Waals surface area contributed by atoms with E-state index in [0.717, 1.165) is 22.4 Å². The minimum atomic E-state index is -0.799. The second kappa shape index (κ2) is 9.72. The van der Waals surface area contributed by atoms with Crippen LogP contribution in [-0.4, -0.2) is 4.98 Å². The molecule has 31 heavy (non-hydrogen) atoms. The Morgan fingerprint density at radius 1 is 0.677 bits per heavy atom. The molecule has 5 nitrogen and oxygen atoms in total. The zero-order chi connectivity index (χ0) is 21.4. The number of pyridine rings is 1. The van der Waals surface area contributed by atoms with Crippen LogP contribution in [0.5, 0.6) is 0 Å². The van der Waals surface area contributed by atoms with Crippen LogP contribution in [0.25, 0.3) is 10.4 Å². The molecule has 152 valence electrons. The van der Waals surface area contributed by atoms with Crippen LogP contribution in [0.4, 0.5) is 0 Å². The summed E-state index contributed by atoms with van der Waals surface area (Å²) in [6, 6.07) is 36.4. The zero-order valence-corrected chi connectivity index (χ0v) is 17.0. The number of hydrogen-bond donors (Lipinski definition) is 0. The summed E-state index contributed by atoms with van der Waals surface area (Å²) in [5, 5.41) is 3.61. The predicted octanol–water partition coefficient (Wildman–Crippen LogP) is 6.40. The molecule has 0 saturated carbocycles. The normalized spacial score (nSPS) is 11.0. The van der Waals surface area contributed by atoms with Gasteiger partial charge in [0.15, 0.2) is 0 Å². The van der Waals surface area contributed by atoms with E-state index >= 15 is 0 Å². The van der Waals surface area contributed by atoms with Crippen LogP contribution in [0.2, 0.25) is 0 Å². The number of benzene rings is 3. The molecular formula is C26H22N4O. The first kappa shape index (κ1) is 20.4. The molecular weight excluding hydrogens is 384 g/mol. The van der Waals surface area contributed by atoms with Crippen molar-refractivity contribution >= 4 is 0 Å². The summed E-state index contributed by atoms with van der Waals surface area (Å²) < 4.78 is 6.77. The Morgan fingerprint density at radius 2 is 1.16 bits per heavy atom. The first-order chi connectivity index (χ1) is 15.3. The summed E-state index contributed by atoms with van der Waals surface area (Å²) in [5.74, 6) is 0. The van der Waals surface area contributed by atoms with E-state index in [-0.39, 0.29) is 6.54 Å². The first-order valence-electron chi connectivity index (χ1n) is 10.1. The maximum absolute atomic E-state index is 8.59. The van der Waals surface area contributed by atoms with Gasteiger partial charge in [0.1, 0.15) is 5.60 Å². The van der Waals surface area contributed by atoms with Crippen molar-refractivity contribution in [1.82, 2.24) is 4.98 Å². The zero-order valence-electron chi connectivity index (χ0n) is 17.0. The van der Waals surface area contributed by atoms with Crippen molar-refractivity contribution in [1.29, 1.82) is 0 Å². The van der Waals surface area contributed by atoms with Crippen molar-refractivity contribution in [2.24, 2.45) is 5.11 Å². The van der Waals surface area contributed by atoms with Gasteiger partial charge < -0.3 is 4.74 Å². The van der Waals surface area contributed by atoms with Gasteiger partial charge in [-0.05, 0) is 34.4 Å². The summed E-state index contributed by atoms with van der Waals surface area (Å²) in [5.41, 5.74) is 12.4. The highest BCUT2D eigenvalue weighted by Crippen LogP contribution is 2.40. The fourth-order valence-corrected chi connectivity index (χ4v) is 3.75. The third-order valence-corrected chi connectivity index (χ3v) is 5.14. The van der Waals surface area contributed by atoms with E-state index in [1.165, 1.54) is 0 Å². The summed E-state index contributed by atoms with van der Waals surface area (Å²) in [6.45, 7) is 0.508. The molecule has 0 fully saturated rings. The minimum absolute atomic E-state index is 0.214. The molecule has 4 rings (SSSR count). The molecule has 5 heteroatoms.